The second-order valence-electron chi connectivity index (χ2n) is 8.96. The molecule has 0 aliphatic carbocycles. The predicted molar refractivity (Wildman–Crippen MR) is 143 cm³/mol. The van der Waals surface area contributed by atoms with Crippen molar-refractivity contribution < 1.29 is 9.90 Å². The molecular weight excluding hydrogens is 452 g/mol. The van der Waals surface area contributed by atoms with Crippen molar-refractivity contribution >= 4 is 34.3 Å². The van der Waals surface area contributed by atoms with Crippen LogP contribution in [0.2, 0.25) is 0 Å². The van der Waals surface area contributed by atoms with Crippen molar-refractivity contribution in [1.82, 2.24) is 19.4 Å². The third-order valence-corrected chi connectivity index (χ3v) is 6.30. The molecule has 0 fully saturated rings. The molecule has 4 aromatic rings. The van der Waals surface area contributed by atoms with Gasteiger partial charge in [0.15, 0.2) is 0 Å². The quantitative estimate of drug-likeness (QED) is 0.267. The largest absolute Gasteiger partial charge is 0.390 e. The van der Waals surface area contributed by atoms with Crippen molar-refractivity contribution in [3.05, 3.63) is 90.7 Å². The molecule has 184 valence electrons. The van der Waals surface area contributed by atoms with Crippen LogP contribution in [0.3, 0.4) is 0 Å². The van der Waals surface area contributed by atoms with Gasteiger partial charge < -0.3 is 19.6 Å². The molecule has 5 rings (SSSR count). The molecule has 1 aliphatic heterocycles. The predicted octanol–water partition coefficient (Wildman–Crippen LogP) is 3.68. The van der Waals surface area contributed by atoms with Crippen molar-refractivity contribution in [1.29, 1.82) is 0 Å². The van der Waals surface area contributed by atoms with Crippen LogP contribution in [0, 0.1) is 0 Å². The Hall–Kier alpha value is -4.01. The summed E-state index contributed by atoms with van der Waals surface area (Å²) in [6.07, 6.45) is 9.87. The lowest BCUT2D eigenvalue weighted by molar-refractivity contribution is -0.114. The van der Waals surface area contributed by atoms with Gasteiger partial charge in [-0.1, -0.05) is 36.4 Å². The molecule has 1 aliphatic rings. The highest BCUT2D eigenvalue weighted by Gasteiger charge is 2.29. The van der Waals surface area contributed by atoms with Gasteiger partial charge in [-0.2, -0.15) is 10.1 Å². The summed E-state index contributed by atoms with van der Waals surface area (Å²) in [7, 11) is 0. The lowest BCUT2D eigenvalue weighted by Crippen LogP contribution is -2.31. The molecule has 0 radical (unpaired) electrons. The lowest BCUT2D eigenvalue weighted by atomic mass is 10.1. The zero-order valence-electron chi connectivity index (χ0n) is 20.3. The maximum atomic E-state index is 13.2. The standard InChI is InChI=1S/C28H30N6O2/c1-21-26(28(36)34(31-21)23-8-3-2-4-9-23)16-22-18-33(27-11-6-5-10-25(22)27)19-24(35)17-29-12-7-14-32-15-13-30-20-32/h2-6,8-11,13,15-16,18,20,24,29,35H,7,12,14,17,19H2,1H3. The third-order valence-electron chi connectivity index (χ3n) is 6.30. The van der Waals surface area contributed by atoms with Crippen LogP contribution in [0.4, 0.5) is 5.69 Å². The van der Waals surface area contributed by atoms with Crippen LogP contribution in [0.15, 0.2) is 90.2 Å². The number of carbonyl (C=O) groups excluding carboxylic acids is 1. The zero-order chi connectivity index (χ0) is 24.9. The van der Waals surface area contributed by atoms with Gasteiger partial charge in [0, 0.05) is 54.7 Å². The number of hydrogen-bond acceptors (Lipinski definition) is 5. The Labute approximate surface area is 210 Å². The summed E-state index contributed by atoms with van der Waals surface area (Å²) in [5.74, 6) is -0.143. The molecule has 8 nitrogen and oxygen atoms in total. The average Bonchev–Trinajstić information content (AvgIpc) is 3.60. The molecule has 3 heterocycles. The van der Waals surface area contributed by atoms with E-state index < -0.39 is 6.10 Å². The molecule has 2 aromatic heterocycles. The first-order valence-corrected chi connectivity index (χ1v) is 12.2. The van der Waals surface area contributed by atoms with E-state index in [1.165, 1.54) is 5.01 Å². The van der Waals surface area contributed by atoms with Gasteiger partial charge in [-0.05, 0) is 44.2 Å². The van der Waals surface area contributed by atoms with Crippen molar-refractivity contribution in [3.8, 4) is 0 Å². The molecule has 0 saturated carbocycles. The summed E-state index contributed by atoms with van der Waals surface area (Å²) in [5, 5.41) is 21.0. The van der Waals surface area contributed by atoms with Gasteiger partial charge in [-0.3, -0.25) is 4.79 Å². The summed E-state index contributed by atoms with van der Waals surface area (Å²) in [6, 6.07) is 17.5. The van der Waals surface area contributed by atoms with Crippen molar-refractivity contribution in [2.24, 2.45) is 5.10 Å². The molecule has 2 aromatic carbocycles. The number of hydrazone groups is 1. The first kappa shape index (κ1) is 23.7. The Morgan fingerprint density at radius 1 is 1.11 bits per heavy atom. The molecule has 0 saturated heterocycles. The fraction of sp³-hybridized carbons (Fsp3) is 0.250. The number of fused-ring (bicyclic) bond motifs is 1. The zero-order valence-corrected chi connectivity index (χ0v) is 20.3. The van der Waals surface area contributed by atoms with E-state index in [-0.39, 0.29) is 5.91 Å². The fourth-order valence-electron chi connectivity index (χ4n) is 4.49. The monoisotopic (exact) mass is 482 g/mol. The molecule has 0 bridgehead atoms. The number of hydrogen-bond donors (Lipinski definition) is 2. The molecule has 1 amide bonds. The van der Waals surface area contributed by atoms with Crippen molar-refractivity contribution in [3.63, 3.8) is 0 Å². The van der Waals surface area contributed by atoms with Gasteiger partial charge in [0.05, 0.1) is 29.4 Å². The average molecular weight is 483 g/mol. The van der Waals surface area contributed by atoms with Gasteiger partial charge in [-0.15, -0.1) is 0 Å². The molecule has 36 heavy (non-hydrogen) atoms. The van der Waals surface area contributed by atoms with Crippen LogP contribution >= 0.6 is 0 Å². The normalized spacial score (nSPS) is 15.7. The van der Waals surface area contributed by atoms with Crippen LogP contribution in [0.5, 0.6) is 0 Å². The number of carbonyl (C=O) groups is 1. The van der Waals surface area contributed by atoms with E-state index in [1.54, 1.807) is 6.20 Å². The van der Waals surface area contributed by atoms with E-state index in [1.807, 2.05) is 90.9 Å². The number of aryl methyl sites for hydroxylation is 1. The summed E-state index contributed by atoms with van der Waals surface area (Å²) in [6.45, 7) is 4.52. The number of amides is 1. The maximum Gasteiger partial charge on any atom is 0.280 e. The number of rotatable bonds is 10. The minimum Gasteiger partial charge on any atom is -0.390 e. The SMILES string of the molecule is CC1=NN(c2ccccc2)C(=O)C1=Cc1cn(CC(O)CNCCCn2ccnc2)c2ccccc12. The Morgan fingerprint density at radius 2 is 1.92 bits per heavy atom. The van der Waals surface area contributed by atoms with Crippen LogP contribution in [0.25, 0.3) is 17.0 Å². The van der Waals surface area contributed by atoms with E-state index >= 15 is 0 Å². The smallest absolute Gasteiger partial charge is 0.280 e. The third kappa shape index (κ3) is 5.15. The second-order valence-corrected chi connectivity index (χ2v) is 8.96. The summed E-state index contributed by atoms with van der Waals surface area (Å²) in [4.78, 5) is 17.2. The number of benzene rings is 2. The van der Waals surface area contributed by atoms with E-state index in [0.717, 1.165) is 41.7 Å². The topological polar surface area (TPSA) is 87.7 Å². The first-order valence-electron chi connectivity index (χ1n) is 12.2. The van der Waals surface area contributed by atoms with Crippen molar-refractivity contribution in [2.45, 2.75) is 32.5 Å². The van der Waals surface area contributed by atoms with E-state index in [9.17, 15) is 9.90 Å². The Kier molecular flexibility index (Phi) is 7.06. The summed E-state index contributed by atoms with van der Waals surface area (Å²) >= 11 is 0. The molecule has 1 atom stereocenters. The van der Waals surface area contributed by atoms with Gasteiger partial charge in [0.1, 0.15) is 0 Å². The van der Waals surface area contributed by atoms with Gasteiger partial charge in [0.25, 0.3) is 5.91 Å². The Morgan fingerprint density at radius 3 is 2.72 bits per heavy atom. The first-order chi connectivity index (χ1) is 17.6. The number of nitrogens with zero attached hydrogens (tertiary/aromatic N) is 5. The second kappa shape index (κ2) is 10.7. The van der Waals surface area contributed by atoms with Crippen LogP contribution in [-0.4, -0.2) is 50.0 Å². The van der Waals surface area contributed by atoms with E-state index in [4.69, 9.17) is 0 Å². The minimum atomic E-state index is -0.542. The number of aromatic nitrogens is 3. The number of anilines is 1. The van der Waals surface area contributed by atoms with Crippen LogP contribution in [-0.2, 0) is 17.9 Å². The molecule has 2 N–H and O–H groups in total. The maximum absolute atomic E-state index is 13.2. The van der Waals surface area contributed by atoms with Gasteiger partial charge in [-0.25, -0.2) is 4.98 Å². The molecular formula is C28H30N6O2. The highest BCUT2D eigenvalue weighted by Crippen LogP contribution is 2.28. The fourth-order valence-corrected chi connectivity index (χ4v) is 4.49. The van der Waals surface area contributed by atoms with Crippen molar-refractivity contribution in [2.75, 3.05) is 18.1 Å². The van der Waals surface area contributed by atoms with Gasteiger partial charge >= 0.3 is 0 Å². The highest BCUT2D eigenvalue weighted by molar-refractivity contribution is 6.32. The van der Waals surface area contributed by atoms with Gasteiger partial charge in [0.2, 0.25) is 0 Å². The number of aliphatic hydroxyl groups is 1. The minimum absolute atomic E-state index is 0.143. The summed E-state index contributed by atoms with van der Waals surface area (Å²) in [5.41, 5.74) is 3.94. The number of nitrogens with one attached hydrogen (secondary N) is 1. The molecule has 8 heteroatoms. The van der Waals surface area contributed by atoms with E-state index in [2.05, 4.69) is 20.0 Å². The molecule has 1 unspecified atom stereocenters. The summed E-state index contributed by atoms with van der Waals surface area (Å²) < 4.78 is 4.10. The number of aliphatic hydroxyl groups excluding tert-OH is 1. The van der Waals surface area contributed by atoms with E-state index in [0.29, 0.717) is 24.4 Å². The number of para-hydroxylation sites is 2. The van der Waals surface area contributed by atoms with Crippen LogP contribution < -0.4 is 10.3 Å². The highest BCUT2D eigenvalue weighted by atomic mass is 16.3. The Bertz CT molecular complexity index is 1390. The van der Waals surface area contributed by atoms with Crippen LogP contribution in [0.1, 0.15) is 18.9 Å². The molecule has 0 spiro atoms. The lowest BCUT2D eigenvalue weighted by Gasteiger charge is -2.14. The number of imidazole rings is 1. The Balaban J connectivity index is 1.28.